The lowest BCUT2D eigenvalue weighted by Gasteiger charge is -2.35. The van der Waals surface area contributed by atoms with Crippen LogP contribution >= 0.6 is 23.2 Å². The van der Waals surface area contributed by atoms with Crippen molar-refractivity contribution < 1.29 is 22.4 Å². The molecule has 0 spiro atoms. The van der Waals surface area contributed by atoms with Crippen molar-refractivity contribution in [2.24, 2.45) is 0 Å². The molecule has 0 radical (unpaired) electrons. The molecular weight excluding hydrogens is 542 g/mol. The number of likely N-dealkylation sites (N-methyl/N-ethyl adjacent to an activating group) is 1. The van der Waals surface area contributed by atoms with Gasteiger partial charge in [0, 0.05) is 57.8 Å². The van der Waals surface area contributed by atoms with Crippen LogP contribution in [0.5, 0.6) is 0 Å². The Bertz CT molecular complexity index is 1320. The molecule has 0 aromatic heterocycles. The van der Waals surface area contributed by atoms with Crippen molar-refractivity contribution in [2.45, 2.75) is 18.9 Å². The Hall–Kier alpha value is -2.40. The number of urea groups is 1. The first kappa shape index (κ1) is 27.6. The molecule has 2 saturated heterocycles. The fourth-order valence-corrected chi connectivity index (χ4v) is 6.08. The number of sulfonamides is 1. The van der Waals surface area contributed by atoms with Gasteiger partial charge in [0.1, 0.15) is 5.82 Å². The Kier molecular flexibility index (Phi) is 8.04. The smallest absolute Gasteiger partial charge is 0.320 e. The Morgan fingerprint density at radius 3 is 2.24 bits per heavy atom. The van der Waals surface area contributed by atoms with E-state index in [0.29, 0.717) is 27.7 Å². The highest BCUT2D eigenvalue weighted by molar-refractivity contribution is 7.88. The summed E-state index contributed by atoms with van der Waals surface area (Å²) >= 11 is 12.4. The number of hydrogen-bond acceptors (Lipinski definition) is 4. The largest absolute Gasteiger partial charge is 0.336 e. The molecule has 2 aliphatic rings. The molecule has 2 aliphatic heterocycles. The minimum atomic E-state index is -3.32. The third kappa shape index (κ3) is 5.87. The summed E-state index contributed by atoms with van der Waals surface area (Å²) in [4.78, 5) is 31.7. The first-order chi connectivity index (χ1) is 17.4. The molecule has 2 aromatic carbocycles. The molecule has 200 valence electrons. The van der Waals surface area contributed by atoms with Crippen molar-refractivity contribution in [2.75, 3.05) is 52.6 Å². The molecule has 0 unspecified atom stereocenters. The van der Waals surface area contributed by atoms with Crippen LogP contribution in [-0.4, -0.2) is 98.0 Å². The lowest BCUT2D eigenvalue weighted by Crippen LogP contribution is -2.53. The zero-order valence-corrected chi connectivity index (χ0v) is 23.2. The van der Waals surface area contributed by atoms with E-state index in [9.17, 15) is 22.4 Å². The molecule has 0 N–H and O–H groups in total. The minimum absolute atomic E-state index is 0.209. The summed E-state index contributed by atoms with van der Waals surface area (Å²) in [5, 5.41) is 0.783. The Labute approximate surface area is 226 Å². The number of nitrogens with zero attached hydrogens (tertiary/aromatic N) is 4. The van der Waals surface area contributed by atoms with E-state index in [1.807, 2.05) is 6.07 Å². The van der Waals surface area contributed by atoms with Gasteiger partial charge in [0.25, 0.3) is 5.91 Å². The van der Waals surface area contributed by atoms with Crippen LogP contribution in [0.25, 0.3) is 0 Å². The van der Waals surface area contributed by atoms with Gasteiger partial charge in [-0.3, -0.25) is 4.79 Å². The zero-order valence-electron chi connectivity index (χ0n) is 20.8. The molecule has 8 nitrogen and oxygen atoms in total. The van der Waals surface area contributed by atoms with Crippen LogP contribution in [0.15, 0.2) is 36.4 Å². The quantitative estimate of drug-likeness (QED) is 0.561. The summed E-state index contributed by atoms with van der Waals surface area (Å²) < 4.78 is 38.8. The average Bonchev–Trinajstić information content (AvgIpc) is 3.31. The Balaban J connectivity index is 1.58. The monoisotopic (exact) mass is 570 g/mol. The molecule has 3 amide bonds. The van der Waals surface area contributed by atoms with E-state index in [-0.39, 0.29) is 62.4 Å². The summed E-state index contributed by atoms with van der Waals surface area (Å²) in [5.41, 5.74) is 1.57. The number of aryl methyl sites for hydroxylation is 1. The number of piperazine rings is 1. The fourth-order valence-electron chi connectivity index (χ4n) is 4.95. The zero-order chi connectivity index (χ0) is 27.1. The van der Waals surface area contributed by atoms with Crippen LogP contribution in [0.4, 0.5) is 9.18 Å². The van der Waals surface area contributed by atoms with Crippen LogP contribution in [0, 0.1) is 12.7 Å². The lowest BCUT2D eigenvalue weighted by molar-refractivity contribution is 0.0723. The topological polar surface area (TPSA) is 81.2 Å². The number of carbonyl (C=O) groups excluding carboxylic acids is 2. The van der Waals surface area contributed by atoms with Gasteiger partial charge in [0.05, 0.1) is 22.3 Å². The number of likely N-dealkylation sites (tertiary alicyclic amines) is 1. The van der Waals surface area contributed by atoms with Gasteiger partial charge in [-0.15, -0.1) is 0 Å². The van der Waals surface area contributed by atoms with Crippen LogP contribution in [0.1, 0.15) is 27.4 Å². The summed E-state index contributed by atoms with van der Waals surface area (Å²) in [6.07, 6.45) is 1.16. The normalized spacial score (nSPS) is 20.8. The highest BCUT2D eigenvalue weighted by Crippen LogP contribution is 2.35. The number of amides is 3. The first-order valence-corrected chi connectivity index (χ1v) is 14.4. The number of halogens is 3. The second-order valence-electron chi connectivity index (χ2n) is 9.56. The Morgan fingerprint density at radius 1 is 0.973 bits per heavy atom. The van der Waals surface area contributed by atoms with Gasteiger partial charge in [0.15, 0.2) is 0 Å². The van der Waals surface area contributed by atoms with Crippen LogP contribution in [-0.2, 0) is 10.0 Å². The van der Waals surface area contributed by atoms with E-state index in [4.69, 9.17) is 23.2 Å². The van der Waals surface area contributed by atoms with Crippen molar-refractivity contribution in [1.29, 1.82) is 0 Å². The minimum Gasteiger partial charge on any atom is -0.336 e. The van der Waals surface area contributed by atoms with Crippen LogP contribution in [0.2, 0.25) is 10.0 Å². The van der Waals surface area contributed by atoms with Crippen molar-refractivity contribution in [3.8, 4) is 0 Å². The molecule has 2 fully saturated rings. The standard InChI is InChI=1S/C25H29Cl2FN4O4S/c1-16-12-18(5-7-22(16)28)24(33)29(2)23-15-31(14-19(23)17-4-6-20(26)21(27)13-17)25(34)30-8-10-32(11-9-30)37(3,35)36/h4-7,12-13,19,23H,8-11,14-15H2,1-3H3/t19-,23-/m0/s1. The Morgan fingerprint density at radius 2 is 1.65 bits per heavy atom. The number of benzene rings is 2. The van der Waals surface area contributed by atoms with Crippen molar-refractivity contribution in [3.63, 3.8) is 0 Å². The lowest BCUT2D eigenvalue weighted by atomic mass is 9.93. The predicted octanol–water partition coefficient (Wildman–Crippen LogP) is 3.68. The summed E-state index contributed by atoms with van der Waals surface area (Å²) in [6.45, 7) is 3.26. The van der Waals surface area contributed by atoms with Crippen LogP contribution in [0.3, 0.4) is 0 Å². The van der Waals surface area contributed by atoms with E-state index in [1.54, 1.807) is 40.8 Å². The molecule has 2 atom stereocenters. The molecule has 12 heteroatoms. The van der Waals surface area contributed by atoms with E-state index < -0.39 is 10.0 Å². The van der Waals surface area contributed by atoms with E-state index in [1.165, 1.54) is 22.5 Å². The van der Waals surface area contributed by atoms with Gasteiger partial charge in [-0.2, -0.15) is 4.31 Å². The molecule has 0 aliphatic carbocycles. The van der Waals surface area contributed by atoms with Crippen LogP contribution < -0.4 is 0 Å². The van der Waals surface area contributed by atoms with Crippen molar-refractivity contribution in [3.05, 3.63) is 69.0 Å². The third-order valence-corrected chi connectivity index (χ3v) is 9.17. The second kappa shape index (κ2) is 10.8. The summed E-state index contributed by atoms with van der Waals surface area (Å²) in [5.74, 6) is -0.915. The van der Waals surface area contributed by atoms with E-state index in [2.05, 4.69) is 0 Å². The third-order valence-electron chi connectivity index (χ3n) is 7.13. The van der Waals surface area contributed by atoms with Gasteiger partial charge < -0.3 is 14.7 Å². The first-order valence-electron chi connectivity index (χ1n) is 11.8. The van der Waals surface area contributed by atoms with Crippen molar-refractivity contribution in [1.82, 2.24) is 19.0 Å². The fraction of sp³-hybridized carbons (Fsp3) is 0.440. The maximum Gasteiger partial charge on any atom is 0.320 e. The van der Waals surface area contributed by atoms with Gasteiger partial charge in [0.2, 0.25) is 10.0 Å². The SMILES string of the molecule is Cc1cc(C(=O)N(C)[C@H]2CN(C(=O)N3CCN(S(C)(=O)=O)CC3)C[C@H]2c2ccc(Cl)c(Cl)c2)ccc1F. The number of rotatable bonds is 4. The van der Waals surface area contributed by atoms with Crippen molar-refractivity contribution >= 4 is 45.2 Å². The maximum atomic E-state index is 13.8. The molecular formula is C25H29Cl2FN4O4S. The number of carbonyl (C=O) groups is 2. The summed E-state index contributed by atoms with van der Waals surface area (Å²) in [7, 11) is -1.64. The van der Waals surface area contributed by atoms with E-state index >= 15 is 0 Å². The molecule has 0 saturated carbocycles. The van der Waals surface area contributed by atoms with Gasteiger partial charge in [-0.05, 0) is 48.4 Å². The summed E-state index contributed by atoms with van der Waals surface area (Å²) in [6, 6.07) is 8.93. The molecule has 2 aromatic rings. The van der Waals surface area contributed by atoms with Gasteiger partial charge in [-0.1, -0.05) is 29.3 Å². The predicted molar refractivity (Wildman–Crippen MR) is 141 cm³/mol. The molecule has 37 heavy (non-hydrogen) atoms. The second-order valence-corrected chi connectivity index (χ2v) is 12.4. The maximum absolute atomic E-state index is 13.8. The number of hydrogen-bond donors (Lipinski definition) is 0. The molecule has 2 heterocycles. The average molecular weight is 572 g/mol. The molecule has 0 bridgehead atoms. The molecule has 4 rings (SSSR count). The highest BCUT2D eigenvalue weighted by Gasteiger charge is 2.42. The van der Waals surface area contributed by atoms with E-state index in [0.717, 1.165) is 11.8 Å². The highest BCUT2D eigenvalue weighted by atomic mass is 35.5. The van der Waals surface area contributed by atoms with Gasteiger partial charge >= 0.3 is 6.03 Å². The van der Waals surface area contributed by atoms with Gasteiger partial charge in [-0.25, -0.2) is 17.6 Å².